The van der Waals surface area contributed by atoms with E-state index in [4.69, 9.17) is 23.2 Å². The molecule has 2 amide bonds. The lowest BCUT2D eigenvalue weighted by Gasteiger charge is -2.09. The molecule has 32 heavy (non-hydrogen) atoms. The van der Waals surface area contributed by atoms with E-state index in [0.29, 0.717) is 15.0 Å². The number of nitrogens with zero attached hydrogens (tertiary/aromatic N) is 2. The first-order valence-corrected chi connectivity index (χ1v) is 11.0. The zero-order valence-corrected chi connectivity index (χ0v) is 18.7. The summed E-state index contributed by atoms with van der Waals surface area (Å²) in [6, 6.07) is 9.20. The van der Waals surface area contributed by atoms with E-state index in [2.05, 4.69) is 25.6 Å². The van der Waals surface area contributed by atoms with Crippen molar-refractivity contribution in [2.24, 2.45) is 0 Å². The second kappa shape index (κ2) is 10.4. The van der Waals surface area contributed by atoms with Gasteiger partial charge in [-0.2, -0.15) is 0 Å². The van der Waals surface area contributed by atoms with Crippen molar-refractivity contribution in [3.63, 3.8) is 0 Å². The molecule has 0 atom stereocenters. The van der Waals surface area contributed by atoms with Crippen molar-refractivity contribution in [1.29, 1.82) is 0 Å². The molecule has 0 saturated heterocycles. The molecular formula is C18H11Cl2F3N4O3S2. The average molecular weight is 523 g/mol. The first-order chi connectivity index (χ1) is 15.1. The third kappa shape index (κ3) is 7.26. The normalized spacial score (nSPS) is 11.2. The van der Waals surface area contributed by atoms with Crippen molar-refractivity contribution >= 4 is 68.9 Å². The first kappa shape index (κ1) is 24.1. The molecule has 0 aliphatic rings. The summed E-state index contributed by atoms with van der Waals surface area (Å²) in [5.74, 6) is -1.36. The van der Waals surface area contributed by atoms with Crippen LogP contribution in [0.15, 0.2) is 46.8 Å². The highest BCUT2D eigenvalue weighted by molar-refractivity contribution is 8.01. The minimum Gasteiger partial charge on any atom is -0.406 e. The number of alkyl halides is 3. The Morgan fingerprint density at radius 3 is 2.47 bits per heavy atom. The molecule has 0 saturated carbocycles. The summed E-state index contributed by atoms with van der Waals surface area (Å²) in [7, 11) is 0. The molecule has 1 aromatic heterocycles. The zero-order valence-electron chi connectivity index (χ0n) is 15.6. The fourth-order valence-corrected chi connectivity index (χ4v) is 4.14. The van der Waals surface area contributed by atoms with Crippen LogP contribution < -0.4 is 15.4 Å². The Kier molecular flexibility index (Phi) is 7.82. The molecule has 0 aliphatic carbocycles. The standard InChI is InChI=1S/C18H11Cl2F3N4O3S2/c19-9-1-6-13(20)12(7-9)15(29)25-16-26-27-17(32-16)31-8-14(28)24-10-2-4-11(5-3-10)30-18(21,22)23/h1-7H,8H2,(H,24,28)(H,25,26,29). The van der Waals surface area contributed by atoms with Crippen molar-refractivity contribution in [2.75, 3.05) is 16.4 Å². The van der Waals surface area contributed by atoms with Crippen LogP contribution in [0.5, 0.6) is 5.75 Å². The van der Waals surface area contributed by atoms with Gasteiger partial charge in [-0.25, -0.2) is 0 Å². The number of rotatable bonds is 7. The maximum atomic E-state index is 12.3. The number of carbonyl (C=O) groups excluding carboxylic acids is 2. The summed E-state index contributed by atoms with van der Waals surface area (Å²) in [4.78, 5) is 24.4. The van der Waals surface area contributed by atoms with Crippen molar-refractivity contribution in [1.82, 2.24) is 10.2 Å². The number of amides is 2. The predicted octanol–water partition coefficient (Wildman–Crippen LogP) is 5.73. The number of hydrogen-bond donors (Lipinski definition) is 2. The maximum absolute atomic E-state index is 12.3. The van der Waals surface area contributed by atoms with Crippen LogP contribution in [0.1, 0.15) is 10.4 Å². The van der Waals surface area contributed by atoms with Gasteiger partial charge in [0.05, 0.1) is 16.3 Å². The third-order valence-electron chi connectivity index (χ3n) is 3.50. The van der Waals surface area contributed by atoms with Gasteiger partial charge in [0.15, 0.2) is 4.34 Å². The van der Waals surface area contributed by atoms with Gasteiger partial charge >= 0.3 is 6.36 Å². The summed E-state index contributed by atoms with van der Waals surface area (Å²) < 4.78 is 40.7. The lowest BCUT2D eigenvalue weighted by atomic mass is 10.2. The number of nitrogens with one attached hydrogen (secondary N) is 2. The highest BCUT2D eigenvalue weighted by Gasteiger charge is 2.31. The second-order valence-electron chi connectivity index (χ2n) is 5.86. The molecular weight excluding hydrogens is 512 g/mol. The number of carbonyl (C=O) groups is 2. The Bertz CT molecular complexity index is 1130. The number of anilines is 2. The molecule has 14 heteroatoms. The predicted molar refractivity (Wildman–Crippen MR) is 117 cm³/mol. The van der Waals surface area contributed by atoms with Crippen LogP contribution in [0, 0.1) is 0 Å². The van der Waals surface area contributed by atoms with E-state index >= 15 is 0 Å². The Labute approximate surface area is 197 Å². The van der Waals surface area contributed by atoms with E-state index in [1.807, 2.05) is 0 Å². The fourth-order valence-electron chi connectivity index (χ4n) is 2.22. The number of hydrogen-bond acceptors (Lipinski definition) is 7. The Morgan fingerprint density at radius 1 is 1.06 bits per heavy atom. The van der Waals surface area contributed by atoms with Gasteiger partial charge in [-0.1, -0.05) is 46.3 Å². The summed E-state index contributed by atoms with van der Waals surface area (Å²) in [6.07, 6.45) is -4.79. The van der Waals surface area contributed by atoms with E-state index < -0.39 is 23.9 Å². The van der Waals surface area contributed by atoms with E-state index in [0.717, 1.165) is 35.2 Å². The second-order valence-corrected chi connectivity index (χ2v) is 8.90. The monoisotopic (exact) mass is 522 g/mol. The molecule has 2 aromatic carbocycles. The van der Waals surface area contributed by atoms with E-state index in [1.54, 1.807) is 6.07 Å². The number of thioether (sulfide) groups is 1. The summed E-state index contributed by atoms with van der Waals surface area (Å²) in [6.45, 7) is 0. The molecule has 0 aliphatic heterocycles. The van der Waals surface area contributed by atoms with Gasteiger partial charge in [0.2, 0.25) is 11.0 Å². The van der Waals surface area contributed by atoms with Crippen LogP contribution in [0.25, 0.3) is 0 Å². The van der Waals surface area contributed by atoms with Crippen molar-refractivity contribution in [3.8, 4) is 5.75 Å². The van der Waals surface area contributed by atoms with Gasteiger partial charge in [-0.3, -0.25) is 14.9 Å². The molecule has 1 heterocycles. The lowest BCUT2D eigenvalue weighted by molar-refractivity contribution is -0.274. The van der Waals surface area contributed by atoms with Crippen LogP contribution in [0.4, 0.5) is 24.0 Å². The molecule has 3 aromatic rings. The SMILES string of the molecule is O=C(CSc1nnc(NC(=O)c2cc(Cl)ccc2Cl)s1)Nc1ccc(OC(F)(F)F)cc1. The van der Waals surface area contributed by atoms with Gasteiger partial charge in [-0.05, 0) is 42.5 Å². The van der Waals surface area contributed by atoms with E-state index in [1.165, 1.54) is 24.3 Å². The van der Waals surface area contributed by atoms with Gasteiger partial charge < -0.3 is 10.1 Å². The maximum Gasteiger partial charge on any atom is 0.573 e. The van der Waals surface area contributed by atoms with Crippen LogP contribution >= 0.6 is 46.3 Å². The third-order valence-corrected chi connectivity index (χ3v) is 6.04. The smallest absolute Gasteiger partial charge is 0.406 e. The summed E-state index contributed by atoms with van der Waals surface area (Å²) in [5, 5.41) is 13.6. The number of ether oxygens (including phenoxy) is 1. The number of benzene rings is 2. The Morgan fingerprint density at radius 2 is 1.78 bits per heavy atom. The Hall–Kier alpha value is -2.54. The van der Waals surface area contributed by atoms with Gasteiger partial charge in [-0.15, -0.1) is 23.4 Å². The van der Waals surface area contributed by atoms with Crippen molar-refractivity contribution in [2.45, 2.75) is 10.7 Å². The van der Waals surface area contributed by atoms with Crippen LogP contribution in [0.2, 0.25) is 10.0 Å². The van der Waals surface area contributed by atoms with E-state index in [9.17, 15) is 22.8 Å². The summed E-state index contributed by atoms with van der Waals surface area (Å²) in [5.41, 5.74) is 0.475. The molecule has 0 unspecified atom stereocenters. The lowest BCUT2D eigenvalue weighted by Crippen LogP contribution is -2.17. The minimum absolute atomic E-state index is 0.0382. The minimum atomic E-state index is -4.79. The Balaban J connectivity index is 1.50. The van der Waals surface area contributed by atoms with Crippen LogP contribution in [-0.4, -0.2) is 34.1 Å². The van der Waals surface area contributed by atoms with Crippen LogP contribution in [0.3, 0.4) is 0 Å². The van der Waals surface area contributed by atoms with E-state index in [-0.39, 0.29) is 21.5 Å². The van der Waals surface area contributed by atoms with Crippen molar-refractivity contribution in [3.05, 3.63) is 58.1 Å². The van der Waals surface area contributed by atoms with Crippen LogP contribution in [-0.2, 0) is 4.79 Å². The zero-order chi connectivity index (χ0) is 23.3. The highest BCUT2D eigenvalue weighted by atomic mass is 35.5. The molecule has 0 bridgehead atoms. The summed E-state index contributed by atoms with van der Waals surface area (Å²) >= 11 is 14.0. The number of aromatic nitrogens is 2. The molecule has 0 fully saturated rings. The molecule has 2 N–H and O–H groups in total. The average Bonchev–Trinajstić information content (AvgIpc) is 3.16. The molecule has 168 valence electrons. The van der Waals surface area contributed by atoms with Crippen molar-refractivity contribution < 1.29 is 27.5 Å². The van der Waals surface area contributed by atoms with Gasteiger partial charge in [0, 0.05) is 10.7 Å². The highest BCUT2D eigenvalue weighted by Crippen LogP contribution is 2.28. The first-order valence-electron chi connectivity index (χ1n) is 8.47. The molecule has 7 nitrogen and oxygen atoms in total. The molecule has 0 spiro atoms. The topological polar surface area (TPSA) is 93.2 Å². The quantitative estimate of drug-likeness (QED) is 0.304. The van der Waals surface area contributed by atoms with Gasteiger partial charge in [0.1, 0.15) is 5.75 Å². The molecule has 3 rings (SSSR count). The van der Waals surface area contributed by atoms with Gasteiger partial charge in [0.25, 0.3) is 5.91 Å². The number of halogens is 5. The fraction of sp³-hybridized carbons (Fsp3) is 0.111. The largest absolute Gasteiger partial charge is 0.573 e. The molecule has 0 radical (unpaired) electrons.